The molecule has 7 heteroatoms. The Labute approximate surface area is 189 Å². The molecule has 1 aliphatic rings. The molecular weight excluding hydrogens is 406 g/mol. The van der Waals surface area contributed by atoms with E-state index in [1.807, 2.05) is 55.5 Å². The number of likely N-dealkylation sites (tertiary alicyclic amines) is 1. The lowest BCUT2D eigenvalue weighted by atomic mass is 9.96. The van der Waals surface area contributed by atoms with E-state index in [9.17, 15) is 14.4 Å². The van der Waals surface area contributed by atoms with E-state index >= 15 is 0 Å². The Kier molecular flexibility index (Phi) is 8.25. The zero-order valence-corrected chi connectivity index (χ0v) is 18.7. The maximum absolute atomic E-state index is 13.4. The van der Waals surface area contributed by atoms with Gasteiger partial charge < -0.3 is 20.3 Å². The first-order valence-electron chi connectivity index (χ1n) is 11.1. The van der Waals surface area contributed by atoms with Gasteiger partial charge in [-0.25, -0.2) is 4.79 Å². The van der Waals surface area contributed by atoms with Crippen molar-refractivity contribution < 1.29 is 19.1 Å². The standard InChI is InChI=1S/C25H31N3O4/c1-3-32-24(30)20-12-8-14-28(17-20)23(29)22(16-19-10-5-4-6-11-19)27-25(31)26-21-13-7-9-18(2)15-21/h4-7,9-11,13,15,20,22H,3,8,12,14,16-17H2,1-2H3,(H2,26,27,31). The molecule has 170 valence electrons. The molecule has 0 bridgehead atoms. The number of hydrogen-bond donors (Lipinski definition) is 2. The number of carbonyl (C=O) groups excluding carboxylic acids is 3. The Morgan fingerprint density at radius 3 is 2.62 bits per heavy atom. The maximum atomic E-state index is 13.4. The van der Waals surface area contributed by atoms with Crippen LogP contribution in [0.2, 0.25) is 0 Å². The number of piperidine rings is 1. The lowest BCUT2D eigenvalue weighted by molar-refractivity contribution is -0.151. The van der Waals surface area contributed by atoms with Crippen LogP contribution in [0.3, 0.4) is 0 Å². The molecule has 3 amide bonds. The third-order valence-corrected chi connectivity index (χ3v) is 5.52. The van der Waals surface area contributed by atoms with Crippen molar-refractivity contribution in [2.24, 2.45) is 5.92 Å². The molecule has 0 saturated carbocycles. The summed E-state index contributed by atoms with van der Waals surface area (Å²) in [6.45, 7) is 4.91. The van der Waals surface area contributed by atoms with E-state index in [0.717, 1.165) is 17.5 Å². The molecule has 1 aliphatic heterocycles. The highest BCUT2D eigenvalue weighted by molar-refractivity contribution is 5.94. The molecule has 0 radical (unpaired) electrons. The zero-order valence-electron chi connectivity index (χ0n) is 18.7. The van der Waals surface area contributed by atoms with E-state index < -0.39 is 12.1 Å². The van der Waals surface area contributed by atoms with Crippen LogP contribution in [0.4, 0.5) is 10.5 Å². The molecule has 2 aromatic rings. The molecule has 2 aromatic carbocycles. The number of nitrogens with zero attached hydrogens (tertiary/aromatic N) is 1. The summed E-state index contributed by atoms with van der Waals surface area (Å²) in [7, 11) is 0. The number of amides is 3. The van der Waals surface area contributed by atoms with Gasteiger partial charge in [-0.15, -0.1) is 0 Å². The Morgan fingerprint density at radius 2 is 1.91 bits per heavy atom. The van der Waals surface area contributed by atoms with Crippen molar-refractivity contribution in [1.29, 1.82) is 0 Å². The van der Waals surface area contributed by atoms with Crippen LogP contribution in [-0.2, 0) is 20.7 Å². The van der Waals surface area contributed by atoms with Crippen LogP contribution in [0.15, 0.2) is 54.6 Å². The second kappa shape index (κ2) is 11.3. The summed E-state index contributed by atoms with van der Waals surface area (Å²) < 4.78 is 5.15. The number of benzene rings is 2. The summed E-state index contributed by atoms with van der Waals surface area (Å²) in [5, 5.41) is 5.65. The second-order valence-electron chi connectivity index (χ2n) is 8.09. The predicted molar refractivity (Wildman–Crippen MR) is 123 cm³/mol. The van der Waals surface area contributed by atoms with Crippen LogP contribution >= 0.6 is 0 Å². The topological polar surface area (TPSA) is 87.7 Å². The first kappa shape index (κ1) is 23.3. The summed E-state index contributed by atoms with van der Waals surface area (Å²) in [4.78, 5) is 40.0. The van der Waals surface area contributed by atoms with Gasteiger partial charge in [-0.3, -0.25) is 9.59 Å². The Morgan fingerprint density at radius 1 is 1.12 bits per heavy atom. The van der Waals surface area contributed by atoms with Crippen molar-refractivity contribution in [3.8, 4) is 0 Å². The van der Waals surface area contributed by atoms with E-state index in [4.69, 9.17) is 4.74 Å². The normalized spacial score (nSPS) is 16.7. The first-order valence-corrected chi connectivity index (χ1v) is 11.1. The number of anilines is 1. The molecule has 2 unspecified atom stereocenters. The van der Waals surface area contributed by atoms with E-state index in [-0.39, 0.29) is 17.8 Å². The van der Waals surface area contributed by atoms with Crippen LogP contribution in [0.1, 0.15) is 30.9 Å². The smallest absolute Gasteiger partial charge is 0.319 e. The lowest BCUT2D eigenvalue weighted by Crippen LogP contribution is -2.53. The number of urea groups is 1. The van der Waals surface area contributed by atoms with Crippen LogP contribution in [0, 0.1) is 12.8 Å². The van der Waals surface area contributed by atoms with Crippen LogP contribution in [0.5, 0.6) is 0 Å². The largest absolute Gasteiger partial charge is 0.466 e. The molecule has 1 saturated heterocycles. The summed E-state index contributed by atoms with van der Waals surface area (Å²) >= 11 is 0. The molecule has 0 aliphatic carbocycles. The van der Waals surface area contributed by atoms with Crippen LogP contribution in [-0.4, -0.2) is 48.5 Å². The predicted octanol–water partition coefficient (Wildman–Crippen LogP) is 3.53. The lowest BCUT2D eigenvalue weighted by Gasteiger charge is -2.34. The average Bonchev–Trinajstić information content (AvgIpc) is 2.79. The monoisotopic (exact) mass is 437 g/mol. The number of nitrogens with one attached hydrogen (secondary N) is 2. The third-order valence-electron chi connectivity index (χ3n) is 5.52. The number of aryl methyl sites for hydroxylation is 1. The molecule has 1 heterocycles. The van der Waals surface area contributed by atoms with Crippen molar-refractivity contribution in [2.45, 2.75) is 39.2 Å². The minimum absolute atomic E-state index is 0.192. The van der Waals surface area contributed by atoms with Crippen LogP contribution < -0.4 is 10.6 Å². The summed E-state index contributed by atoms with van der Waals surface area (Å²) in [5.41, 5.74) is 2.63. The quantitative estimate of drug-likeness (QED) is 0.649. The molecule has 32 heavy (non-hydrogen) atoms. The van der Waals surface area contributed by atoms with Crippen LogP contribution in [0.25, 0.3) is 0 Å². The number of hydrogen-bond acceptors (Lipinski definition) is 4. The van der Waals surface area contributed by atoms with Gasteiger partial charge in [0.1, 0.15) is 6.04 Å². The van der Waals surface area contributed by atoms with Gasteiger partial charge in [-0.2, -0.15) is 0 Å². The molecule has 1 fully saturated rings. The van der Waals surface area contributed by atoms with Crippen molar-refractivity contribution in [3.63, 3.8) is 0 Å². The highest BCUT2D eigenvalue weighted by Gasteiger charge is 2.33. The molecule has 2 N–H and O–H groups in total. The molecule has 0 spiro atoms. The van der Waals surface area contributed by atoms with Gasteiger partial charge >= 0.3 is 12.0 Å². The van der Waals surface area contributed by atoms with Crippen molar-refractivity contribution in [1.82, 2.24) is 10.2 Å². The summed E-state index contributed by atoms with van der Waals surface area (Å²) in [5.74, 6) is -0.789. The Hall–Kier alpha value is -3.35. The van der Waals surface area contributed by atoms with Gasteiger partial charge in [0.15, 0.2) is 0 Å². The van der Waals surface area contributed by atoms with E-state index in [1.54, 1.807) is 17.9 Å². The number of rotatable bonds is 7. The zero-order chi connectivity index (χ0) is 22.9. The summed E-state index contributed by atoms with van der Waals surface area (Å²) in [6.07, 6.45) is 1.79. The number of ether oxygens (including phenoxy) is 1. The fourth-order valence-electron chi connectivity index (χ4n) is 3.95. The molecule has 2 atom stereocenters. The Balaban J connectivity index is 1.72. The fourth-order valence-corrected chi connectivity index (χ4v) is 3.95. The molecule has 3 rings (SSSR count). The molecular formula is C25H31N3O4. The van der Waals surface area contributed by atoms with Gasteiger partial charge in [0.25, 0.3) is 0 Å². The average molecular weight is 438 g/mol. The minimum Gasteiger partial charge on any atom is -0.466 e. The molecule has 7 nitrogen and oxygen atoms in total. The highest BCUT2D eigenvalue weighted by Crippen LogP contribution is 2.20. The molecule has 0 aromatic heterocycles. The highest BCUT2D eigenvalue weighted by atomic mass is 16.5. The van der Waals surface area contributed by atoms with Gasteiger partial charge in [0.05, 0.1) is 12.5 Å². The first-order chi connectivity index (χ1) is 15.5. The second-order valence-corrected chi connectivity index (χ2v) is 8.09. The van der Waals surface area contributed by atoms with Gasteiger partial charge in [-0.1, -0.05) is 42.5 Å². The summed E-state index contributed by atoms with van der Waals surface area (Å²) in [6, 6.07) is 15.9. The van der Waals surface area contributed by atoms with E-state index in [0.29, 0.717) is 38.2 Å². The maximum Gasteiger partial charge on any atom is 0.319 e. The van der Waals surface area contributed by atoms with Crippen molar-refractivity contribution in [3.05, 3.63) is 65.7 Å². The minimum atomic E-state index is -0.747. The van der Waals surface area contributed by atoms with E-state index in [1.165, 1.54) is 0 Å². The third kappa shape index (κ3) is 6.57. The van der Waals surface area contributed by atoms with Crippen molar-refractivity contribution in [2.75, 3.05) is 25.0 Å². The van der Waals surface area contributed by atoms with Crippen molar-refractivity contribution >= 4 is 23.6 Å². The fraction of sp³-hybridized carbons (Fsp3) is 0.400. The van der Waals surface area contributed by atoms with E-state index in [2.05, 4.69) is 10.6 Å². The van der Waals surface area contributed by atoms with Gasteiger partial charge in [0, 0.05) is 25.2 Å². The number of carbonyl (C=O) groups is 3. The van der Waals surface area contributed by atoms with Gasteiger partial charge in [0.2, 0.25) is 5.91 Å². The Bertz CT molecular complexity index is 932. The number of esters is 1. The van der Waals surface area contributed by atoms with Gasteiger partial charge in [-0.05, 0) is 49.9 Å². The SMILES string of the molecule is CCOC(=O)C1CCCN(C(=O)C(Cc2ccccc2)NC(=O)Nc2cccc(C)c2)C1.